The molecule has 1 amide bonds. The molecule has 118 valence electrons. The number of carbonyl (C=O) groups excluding carboxylic acids is 1. The maximum Gasteiger partial charge on any atom is 0.255 e. The molecule has 2 aromatic carbocycles. The maximum absolute atomic E-state index is 12.5. The zero-order chi connectivity index (χ0) is 16.5. The van der Waals surface area contributed by atoms with Gasteiger partial charge in [0.1, 0.15) is 5.52 Å². The number of amides is 1. The van der Waals surface area contributed by atoms with Crippen molar-refractivity contribution >= 4 is 22.7 Å². The smallest absolute Gasteiger partial charge is 0.255 e. The normalized spacial score (nSPS) is 10.9. The van der Waals surface area contributed by atoms with E-state index in [1.165, 1.54) is 0 Å². The second kappa shape index (κ2) is 5.70. The summed E-state index contributed by atoms with van der Waals surface area (Å²) in [5, 5.41) is 2.89. The van der Waals surface area contributed by atoms with Gasteiger partial charge in [0.25, 0.3) is 5.91 Å². The van der Waals surface area contributed by atoms with E-state index in [2.05, 4.69) is 10.3 Å². The molecule has 0 radical (unpaired) electrons. The van der Waals surface area contributed by atoms with E-state index in [4.69, 9.17) is 4.42 Å². The van der Waals surface area contributed by atoms with Gasteiger partial charge in [-0.25, -0.2) is 4.98 Å². The summed E-state index contributed by atoms with van der Waals surface area (Å²) in [7, 11) is 0. The van der Waals surface area contributed by atoms with Gasteiger partial charge in [-0.3, -0.25) is 4.79 Å². The average molecular weight is 317 g/mol. The van der Waals surface area contributed by atoms with Crippen molar-refractivity contribution in [3.8, 4) is 5.69 Å². The lowest BCUT2D eigenvalue weighted by Gasteiger charge is -2.07. The first-order valence-corrected chi connectivity index (χ1v) is 7.61. The maximum atomic E-state index is 12.5. The summed E-state index contributed by atoms with van der Waals surface area (Å²) in [6, 6.07) is 16.8. The molecule has 0 spiro atoms. The first kappa shape index (κ1) is 14.3. The minimum Gasteiger partial charge on any atom is -0.439 e. The fourth-order valence-corrected chi connectivity index (χ4v) is 2.64. The van der Waals surface area contributed by atoms with Crippen molar-refractivity contribution < 1.29 is 9.21 Å². The number of hydrogen-bond donors (Lipinski definition) is 1. The Bertz CT molecular complexity index is 999. The number of oxazole rings is 1. The molecule has 0 unspecified atom stereocenters. The van der Waals surface area contributed by atoms with E-state index in [0.29, 0.717) is 22.7 Å². The van der Waals surface area contributed by atoms with Gasteiger partial charge in [0.15, 0.2) is 11.5 Å². The second-order valence-corrected chi connectivity index (χ2v) is 5.48. The quantitative estimate of drug-likeness (QED) is 0.616. The SMILES string of the molecule is Cc1nc2cccc(NC(=O)c3ccc(-n4cccc4)cc3)c2o1. The molecule has 2 heterocycles. The third-order valence-corrected chi connectivity index (χ3v) is 3.80. The molecular formula is C19H15N3O2. The number of carbonyl (C=O) groups is 1. The lowest BCUT2D eigenvalue weighted by atomic mass is 10.2. The molecule has 4 rings (SSSR count). The van der Waals surface area contributed by atoms with E-state index in [-0.39, 0.29) is 5.91 Å². The van der Waals surface area contributed by atoms with Crippen LogP contribution in [0.5, 0.6) is 0 Å². The van der Waals surface area contributed by atoms with Crippen LogP contribution in [0.4, 0.5) is 5.69 Å². The van der Waals surface area contributed by atoms with Crippen LogP contribution in [-0.4, -0.2) is 15.5 Å². The largest absolute Gasteiger partial charge is 0.439 e. The van der Waals surface area contributed by atoms with E-state index < -0.39 is 0 Å². The highest BCUT2D eigenvalue weighted by molar-refractivity contribution is 6.07. The van der Waals surface area contributed by atoms with E-state index in [1.807, 2.05) is 53.4 Å². The third-order valence-electron chi connectivity index (χ3n) is 3.80. The van der Waals surface area contributed by atoms with Gasteiger partial charge in [0.2, 0.25) is 0 Å². The molecule has 2 aromatic heterocycles. The highest BCUT2D eigenvalue weighted by atomic mass is 16.3. The van der Waals surface area contributed by atoms with Crippen LogP contribution in [0.25, 0.3) is 16.8 Å². The summed E-state index contributed by atoms with van der Waals surface area (Å²) in [4.78, 5) is 16.8. The number of aromatic nitrogens is 2. The van der Waals surface area contributed by atoms with Crippen LogP contribution >= 0.6 is 0 Å². The molecule has 0 saturated carbocycles. The monoisotopic (exact) mass is 317 g/mol. The summed E-state index contributed by atoms with van der Waals surface area (Å²) in [5.41, 5.74) is 3.52. The zero-order valence-corrected chi connectivity index (χ0v) is 13.1. The van der Waals surface area contributed by atoms with Gasteiger partial charge in [-0.05, 0) is 48.5 Å². The Morgan fingerprint density at radius 2 is 1.79 bits per heavy atom. The molecule has 0 atom stereocenters. The molecule has 0 aliphatic rings. The molecule has 5 heteroatoms. The van der Waals surface area contributed by atoms with Crippen LogP contribution in [0.15, 0.2) is 71.4 Å². The predicted molar refractivity (Wildman–Crippen MR) is 92.5 cm³/mol. The van der Waals surface area contributed by atoms with Gasteiger partial charge in [-0.1, -0.05) is 6.07 Å². The van der Waals surface area contributed by atoms with Gasteiger partial charge in [-0.15, -0.1) is 0 Å². The molecule has 0 bridgehead atoms. The van der Waals surface area contributed by atoms with Crippen molar-refractivity contribution in [1.29, 1.82) is 0 Å². The van der Waals surface area contributed by atoms with Crippen molar-refractivity contribution in [1.82, 2.24) is 9.55 Å². The highest BCUT2D eigenvalue weighted by Crippen LogP contribution is 2.24. The fourth-order valence-electron chi connectivity index (χ4n) is 2.64. The summed E-state index contributed by atoms with van der Waals surface area (Å²) in [5.74, 6) is 0.387. The summed E-state index contributed by atoms with van der Waals surface area (Å²) >= 11 is 0. The number of aryl methyl sites for hydroxylation is 1. The molecule has 0 fully saturated rings. The highest BCUT2D eigenvalue weighted by Gasteiger charge is 2.12. The van der Waals surface area contributed by atoms with Gasteiger partial charge in [0, 0.05) is 30.6 Å². The van der Waals surface area contributed by atoms with E-state index in [1.54, 1.807) is 25.1 Å². The van der Waals surface area contributed by atoms with Crippen molar-refractivity contribution in [3.05, 3.63) is 78.4 Å². The summed E-state index contributed by atoms with van der Waals surface area (Å²) in [6.07, 6.45) is 3.92. The lowest BCUT2D eigenvalue weighted by molar-refractivity contribution is 0.102. The van der Waals surface area contributed by atoms with Crippen molar-refractivity contribution in [3.63, 3.8) is 0 Å². The zero-order valence-electron chi connectivity index (χ0n) is 13.1. The average Bonchev–Trinajstić information content (AvgIpc) is 3.24. The summed E-state index contributed by atoms with van der Waals surface area (Å²) in [6.45, 7) is 1.78. The molecular weight excluding hydrogens is 302 g/mol. The third kappa shape index (κ3) is 2.56. The minimum atomic E-state index is -0.185. The Labute approximate surface area is 138 Å². The van der Waals surface area contributed by atoms with Crippen molar-refractivity contribution in [2.24, 2.45) is 0 Å². The van der Waals surface area contributed by atoms with Crippen LogP contribution in [0.1, 0.15) is 16.2 Å². The van der Waals surface area contributed by atoms with Crippen LogP contribution < -0.4 is 5.32 Å². The molecule has 4 aromatic rings. The Hall–Kier alpha value is -3.34. The Morgan fingerprint density at radius 1 is 1.04 bits per heavy atom. The van der Waals surface area contributed by atoms with Gasteiger partial charge < -0.3 is 14.3 Å². The number of nitrogens with one attached hydrogen (secondary N) is 1. The van der Waals surface area contributed by atoms with Crippen LogP contribution in [0.2, 0.25) is 0 Å². The fraction of sp³-hybridized carbons (Fsp3) is 0.0526. The number of nitrogens with zero attached hydrogens (tertiary/aromatic N) is 2. The Kier molecular flexibility index (Phi) is 3.39. The van der Waals surface area contributed by atoms with Crippen molar-refractivity contribution in [2.75, 3.05) is 5.32 Å². The molecule has 1 N–H and O–H groups in total. The van der Waals surface area contributed by atoms with Crippen molar-refractivity contribution in [2.45, 2.75) is 6.92 Å². The first-order chi connectivity index (χ1) is 11.7. The molecule has 0 aliphatic carbocycles. The lowest BCUT2D eigenvalue weighted by Crippen LogP contribution is -2.12. The molecule has 0 aliphatic heterocycles. The minimum absolute atomic E-state index is 0.185. The second-order valence-electron chi connectivity index (χ2n) is 5.48. The topological polar surface area (TPSA) is 60.1 Å². The Balaban J connectivity index is 1.59. The van der Waals surface area contributed by atoms with E-state index in [0.717, 1.165) is 11.2 Å². The van der Waals surface area contributed by atoms with E-state index >= 15 is 0 Å². The van der Waals surface area contributed by atoms with Gasteiger partial charge in [-0.2, -0.15) is 0 Å². The standard InChI is InChI=1S/C19H15N3O2/c1-13-20-16-5-4-6-17(18(16)24-13)21-19(23)14-7-9-15(10-8-14)22-11-2-3-12-22/h2-12H,1H3,(H,21,23). The molecule has 5 nitrogen and oxygen atoms in total. The van der Waals surface area contributed by atoms with Gasteiger partial charge in [0.05, 0.1) is 5.69 Å². The van der Waals surface area contributed by atoms with Crippen LogP contribution in [0, 0.1) is 6.92 Å². The number of fused-ring (bicyclic) bond motifs is 1. The Morgan fingerprint density at radius 3 is 2.54 bits per heavy atom. The van der Waals surface area contributed by atoms with E-state index in [9.17, 15) is 4.79 Å². The number of hydrogen-bond acceptors (Lipinski definition) is 3. The number of anilines is 1. The number of rotatable bonds is 3. The molecule has 24 heavy (non-hydrogen) atoms. The summed E-state index contributed by atoms with van der Waals surface area (Å²) < 4.78 is 7.56. The number of benzene rings is 2. The number of para-hydroxylation sites is 1. The predicted octanol–water partition coefficient (Wildman–Crippen LogP) is 4.18. The first-order valence-electron chi connectivity index (χ1n) is 7.61. The van der Waals surface area contributed by atoms with Gasteiger partial charge >= 0.3 is 0 Å². The van der Waals surface area contributed by atoms with Crippen LogP contribution in [-0.2, 0) is 0 Å². The molecule has 0 saturated heterocycles. The van der Waals surface area contributed by atoms with Crippen LogP contribution in [0.3, 0.4) is 0 Å².